The van der Waals surface area contributed by atoms with E-state index in [1.165, 1.54) is 38.4 Å². The molecule has 0 amide bonds. The van der Waals surface area contributed by atoms with E-state index in [4.69, 9.17) is 0 Å². The molecule has 0 fully saturated rings. The van der Waals surface area contributed by atoms with Crippen LogP contribution < -0.4 is 0 Å². The Morgan fingerprint density at radius 3 is 2.57 bits per heavy atom. The van der Waals surface area contributed by atoms with E-state index in [-0.39, 0.29) is 5.41 Å². The number of benzene rings is 3. The Morgan fingerprint density at radius 1 is 0.783 bits per heavy atom. The first kappa shape index (κ1) is 12.8. The van der Waals surface area contributed by atoms with Gasteiger partial charge in [0.2, 0.25) is 0 Å². The van der Waals surface area contributed by atoms with Crippen LogP contribution in [0.25, 0.3) is 32.8 Å². The monoisotopic (exact) mass is 295 g/mol. The molecule has 0 aliphatic heterocycles. The number of hydrogen-bond acceptors (Lipinski definition) is 1. The zero-order chi connectivity index (χ0) is 15.6. The molecule has 1 heterocycles. The van der Waals surface area contributed by atoms with E-state index in [2.05, 4.69) is 79.5 Å². The van der Waals surface area contributed by atoms with Crippen molar-refractivity contribution in [2.75, 3.05) is 0 Å². The van der Waals surface area contributed by atoms with Crippen molar-refractivity contribution < 1.29 is 0 Å². The summed E-state index contributed by atoms with van der Waals surface area (Å²) in [7, 11) is 0. The van der Waals surface area contributed by atoms with Gasteiger partial charge in [-0.05, 0) is 45.2 Å². The Balaban J connectivity index is 2.07. The molecule has 0 spiro atoms. The minimum absolute atomic E-state index is 0.0360. The fraction of sp³-hybridized carbons (Fsp3) is 0.136. The maximum Gasteiger partial charge on any atom is 0.0711 e. The van der Waals surface area contributed by atoms with Crippen molar-refractivity contribution in [1.82, 2.24) is 4.98 Å². The highest BCUT2D eigenvalue weighted by atomic mass is 14.7. The van der Waals surface area contributed by atoms with Gasteiger partial charge >= 0.3 is 0 Å². The van der Waals surface area contributed by atoms with Gasteiger partial charge in [-0.3, -0.25) is 4.98 Å². The normalized spacial score (nSPS) is 14.9. The largest absolute Gasteiger partial charge is 0.256 e. The van der Waals surface area contributed by atoms with Gasteiger partial charge in [0.1, 0.15) is 0 Å². The molecule has 110 valence electrons. The van der Waals surface area contributed by atoms with E-state index >= 15 is 0 Å². The Morgan fingerprint density at radius 2 is 1.65 bits per heavy atom. The van der Waals surface area contributed by atoms with Crippen molar-refractivity contribution in [3.05, 3.63) is 78.0 Å². The zero-order valence-electron chi connectivity index (χ0n) is 13.3. The van der Waals surface area contributed by atoms with Crippen LogP contribution in [0.4, 0.5) is 0 Å². The first-order valence-corrected chi connectivity index (χ1v) is 8.09. The number of aromatic nitrogens is 1. The van der Waals surface area contributed by atoms with Gasteiger partial charge < -0.3 is 0 Å². The Bertz CT molecular complexity index is 1080. The third kappa shape index (κ3) is 1.54. The van der Waals surface area contributed by atoms with Crippen LogP contribution >= 0.6 is 0 Å². The van der Waals surface area contributed by atoms with Crippen molar-refractivity contribution >= 4 is 21.7 Å². The van der Waals surface area contributed by atoms with Crippen LogP contribution in [0.5, 0.6) is 0 Å². The van der Waals surface area contributed by atoms with Gasteiger partial charge in [-0.15, -0.1) is 0 Å². The van der Waals surface area contributed by atoms with E-state index in [9.17, 15) is 0 Å². The number of fused-ring (bicyclic) bond motifs is 4. The van der Waals surface area contributed by atoms with Crippen LogP contribution in [-0.2, 0) is 5.41 Å². The van der Waals surface area contributed by atoms with Crippen LogP contribution in [0.1, 0.15) is 25.0 Å². The van der Waals surface area contributed by atoms with Gasteiger partial charge in [-0.1, -0.05) is 62.4 Å². The first-order chi connectivity index (χ1) is 11.2. The summed E-state index contributed by atoms with van der Waals surface area (Å²) in [6.07, 6.45) is 1.93. The smallest absolute Gasteiger partial charge is 0.0711 e. The molecule has 4 aromatic rings. The van der Waals surface area contributed by atoms with Crippen LogP contribution in [-0.4, -0.2) is 4.98 Å². The van der Waals surface area contributed by atoms with Crippen molar-refractivity contribution in [1.29, 1.82) is 0 Å². The first-order valence-electron chi connectivity index (χ1n) is 8.09. The average Bonchev–Trinajstić information content (AvgIpc) is 2.59. The average molecular weight is 295 g/mol. The third-order valence-electron chi connectivity index (χ3n) is 5.28. The SMILES string of the molecule is CC1(C)c2c(ccc3ccccc23)-c2ccnc3cccc1c23. The molecule has 1 aromatic heterocycles. The van der Waals surface area contributed by atoms with E-state index in [0.717, 1.165) is 5.52 Å². The van der Waals surface area contributed by atoms with Gasteiger partial charge in [0.05, 0.1) is 5.52 Å². The Labute approximate surface area is 135 Å². The second-order valence-corrected chi connectivity index (χ2v) is 6.89. The van der Waals surface area contributed by atoms with Gasteiger partial charge in [0.15, 0.2) is 0 Å². The second-order valence-electron chi connectivity index (χ2n) is 6.89. The molecule has 23 heavy (non-hydrogen) atoms. The number of rotatable bonds is 0. The highest BCUT2D eigenvalue weighted by Gasteiger charge is 2.34. The van der Waals surface area contributed by atoms with Crippen molar-refractivity contribution in [2.24, 2.45) is 0 Å². The molecule has 0 atom stereocenters. The lowest BCUT2D eigenvalue weighted by molar-refractivity contribution is 0.651. The van der Waals surface area contributed by atoms with Crippen LogP contribution in [0.3, 0.4) is 0 Å². The van der Waals surface area contributed by atoms with E-state index in [1.54, 1.807) is 0 Å². The van der Waals surface area contributed by atoms with Gasteiger partial charge in [-0.2, -0.15) is 0 Å². The molecule has 3 aromatic carbocycles. The molecule has 1 aliphatic carbocycles. The quantitative estimate of drug-likeness (QED) is 0.406. The summed E-state index contributed by atoms with van der Waals surface area (Å²) in [5, 5.41) is 3.97. The fourth-order valence-corrected chi connectivity index (χ4v) is 4.26. The summed E-state index contributed by atoms with van der Waals surface area (Å²) < 4.78 is 0. The number of hydrogen-bond donors (Lipinski definition) is 0. The van der Waals surface area contributed by atoms with Crippen LogP contribution in [0.2, 0.25) is 0 Å². The standard InChI is InChI=1S/C22H17N/c1-22(2)18-8-5-9-19-20(18)16(12-13-23-19)17-11-10-14-6-3-4-7-15(14)21(17)22/h3-13H,1-2H3. The molecule has 1 nitrogen and oxygen atoms in total. The number of pyridine rings is 1. The minimum atomic E-state index is -0.0360. The van der Waals surface area contributed by atoms with Crippen molar-refractivity contribution in [3.8, 4) is 11.1 Å². The molecule has 5 rings (SSSR count). The summed E-state index contributed by atoms with van der Waals surface area (Å²) in [6, 6.07) is 21.9. The van der Waals surface area contributed by atoms with E-state index < -0.39 is 0 Å². The lowest BCUT2D eigenvalue weighted by Crippen LogP contribution is -2.24. The molecule has 0 saturated carbocycles. The van der Waals surface area contributed by atoms with Gasteiger partial charge in [0, 0.05) is 17.0 Å². The predicted molar refractivity (Wildman–Crippen MR) is 96.8 cm³/mol. The van der Waals surface area contributed by atoms with Crippen molar-refractivity contribution in [3.63, 3.8) is 0 Å². The number of nitrogens with zero attached hydrogens (tertiary/aromatic N) is 1. The second kappa shape index (κ2) is 4.20. The van der Waals surface area contributed by atoms with Crippen LogP contribution in [0, 0.1) is 0 Å². The molecule has 0 bridgehead atoms. The molecule has 1 aliphatic rings. The summed E-state index contributed by atoms with van der Waals surface area (Å²) >= 11 is 0. The Kier molecular flexibility index (Phi) is 2.34. The van der Waals surface area contributed by atoms with Crippen molar-refractivity contribution in [2.45, 2.75) is 19.3 Å². The minimum Gasteiger partial charge on any atom is -0.256 e. The third-order valence-corrected chi connectivity index (χ3v) is 5.28. The molecular weight excluding hydrogens is 278 g/mol. The highest BCUT2D eigenvalue weighted by Crippen LogP contribution is 2.50. The molecule has 1 heteroatoms. The lowest BCUT2D eigenvalue weighted by Gasteiger charge is -2.35. The topological polar surface area (TPSA) is 12.9 Å². The Hall–Kier alpha value is -2.67. The van der Waals surface area contributed by atoms with E-state index in [1.807, 2.05) is 6.20 Å². The van der Waals surface area contributed by atoms with Gasteiger partial charge in [-0.25, -0.2) is 0 Å². The van der Waals surface area contributed by atoms with Crippen LogP contribution in [0.15, 0.2) is 66.9 Å². The fourth-order valence-electron chi connectivity index (χ4n) is 4.26. The maximum absolute atomic E-state index is 4.59. The summed E-state index contributed by atoms with van der Waals surface area (Å²) in [6.45, 7) is 4.67. The predicted octanol–water partition coefficient (Wildman–Crippen LogP) is 5.69. The summed E-state index contributed by atoms with van der Waals surface area (Å²) in [5.41, 5.74) is 6.52. The van der Waals surface area contributed by atoms with E-state index in [0.29, 0.717) is 0 Å². The highest BCUT2D eigenvalue weighted by molar-refractivity contribution is 6.05. The molecular formula is C22H17N. The molecule has 0 saturated heterocycles. The molecule has 0 N–H and O–H groups in total. The molecule has 0 radical (unpaired) electrons. The maximum atomic E-state index is 4.59. The molecule has 0 unspecified atom stereocenters. The summed E-state index contributed by atoms with van der Waals surface area (Å²) in [4.78, 5) is 4.59. The lowest BCUT2D eigenvalue weighted by atomic mass is 9.67. The zero-order valence-corrected chi connectivity index (χ0v) is 13.3. The summed E-state index contributed by atoms with van der Waals surface area (Å²) in [5.74, 6) is 0. The van der Waals surface area contributed by atoms with Gasteiger partial charge in [0.25, 0.3) is 0 Å².